The summed E-state index contributed by atoms with van der Waals surface area (Å²) < 4.78 is 4.52. The van der Waals surface area contributed by atoms with Crippen molar-refractivity contribution in [2.24, 2.45) is 0 Å². The highest BCUT2D eigenvalue weighted by atomic mass is 16.5. The van der Waals surface area contributed by atoms with E-state index in [2.05, 4.69) is 22.2 Å². The van der Waals surface area contributed by atoms with Crippen LogP contribution in [0.3, 0.4) is 0 Å². The number of likely N-dealkylation sites (tertiary alicyclic amines) is 1. The van der Waals surface area contributed by atoms with Gasteiger partial charge < -0.3 is 15.0 Å². The van der Waals surface area contributed by atoms with Gasteiger partial charge in [-0.05, 0) is 24.0 Å². The first-order valence-corrected chi connectivity index (χ1v) is 8.29. The van der Waals surface area contributed by atoms with E-state index < -0.39 is 5.97 Å². The second-order valence-corrected chi connectivity index (χ2v) is 6.42. The number of methoxy groups -OCH3 is 1. The number of nitrogens with one attached hydrogen (secondary N) is 1. The maximum Gasteiger partial charge on any atom is 0.306 e. The first-order chi connectivity index (χ1) is 11.6. The number of nitrogens with zero attached hydrogens (tertiary/aromatic N) is 1. The number of fused-ring (bicyclic) bond motifs is 1. The van der Waals surface area contributed by atoms with E-state index in [9.17, 15) is 14.4 Å². The van der Waals surface area contributed by atoms with Crippen LogP contribution in [0.25, 0.3) is 0 Å². The van der Waals surface area contributed by atoms with Gasteiger partial charge in [0.2, 0.25) is 11.8 Å². The van der Waals surface area contributed by atoms with Crippen molar-refractivity contribution < 1.29 is 19.1 Å². The Morgan fingerprint density at radius 1 is 1.17 bits per heavy atom. The van der Waals surface area contributed by atoms with Gasteiger partial charge >= 0.3 is 5.97 Å². The third kappa shape index (κ3) is 3.58. The van der Waals surface area contributed by atoms with Crippen molar-refractivity contribution in [2.75, 3.05) is 13.7 Å². The molecule has 1 atom stereocenters. The first kappa shape index (κ1) is 16.5. The summed E-state index contributed by atoms with van der Waals surface area (Å²) in [6, 6.07) is 8.29. The number of esters is 1. The van der Waals surface area contributed by atoms with Gasteiger partial charge in [-0.25, -0.2) is 0 Å². The Balaban J connectivity index is 1.51. The van der Waals surface area contributed by atoms with Crippen LogP contribution in [0.4, 0.5) is 0 Å². The fourth-order valence-corrected chi connectivity index (χ4v) is 3.55. The van der Waals surface area contributed by atoms with Crippen LogP contribution in [-0.2, 0) is 32.0 Å². The summed E-state index contributed by atoms with van der Waals surface area (Å²) in [5.41, 5.74) is 2.61. The minimum absolute atomic E-state index is 0.0602. The van der Waals surface area contributed by atoms with Crippen LogP contribution in [0, 0.1) is 0 Å². The zero-order valence-electron chi connectivity index (χ0n) is 13.8. The van der Waals surface area contributed by atoms with Crippen molar-refractivity contribution in [1.29, 1.82) is 0 Å². The van der Waals surface area contributed by atoms with E-state index in [-0.39, 0.29) is 36.7 Å². The molecule has 0 saturated carbocycles. The fourth-order valence-electron chi connectivity index (χ4n) is 3.55. The first-order valence-electron chi connectivity index (χ1n) is 8.29. The summed E-state index contributed by atoms with van der Waals surface area (Å²) in [5.74, 6) is -0.529. The predicted octanol–water partition coefficient (Wildman–Crippen LogP) is 0.824. The molecule has 0 spiro atoms. The number of hydrogen-bond donors (Lipinski definition) is 1. The van der Waals surface area contributed by atoms with Crippen LogP contribution in [0.1, 0.15) is 30.4 Å². The Hall–Kier alpha value is -2.37. The molecule has 1 aromatic rings. The molecule has 0 aromatic heterocycles. The molecular weight excluding hydrogens is 308 g/mol. The van der Waals surface area contributed by atoms with E-state index in [0.717, 1.165) is 12.8 Å². The summed E-state index contributed by atoms with van der Waals surface area (Å²) >= 11 is 0. The maximum atomic E-state index is 12.3. The zero-order valence-corrected chi connectivity index (χ0v) is 13.8. The van der Waals surface area contributed by atoms with E-state index in [1.54, 1.807) is 0 Å². The average Bonchev–Trinajstić information content (AvgIpc) is 3.15. The third-order valence-electron chi connectivity index (χ3n) is 4.78. The molecule has 3 rings (SSSR count). The molecule has 1 aromatic carbocycles. The molecule has 1 saturated heterocycles. The lowest BCUT2D eigenvalue weighted by molar-refractivity contribution is -0.142. The average molecular weight is 330 g/mol. The minimum Gasteiger partial charge on any atom is -0.469 e. The van der Waals surface area contributed by atoms with Crippen LogP contribution in [0.5, 0.6) is 0 Å². The molecule has 24 heavy (non-hydrogen) atoms. The van der Waals surface area contributed by atoms with E-state index in [1.165, 1.54) is 18.2 Å². The van der Waals surface area contributed by atoms with Crippen LogP contribution in [-0.4, -0.2) is 48.4 Å². The maximum absolute atomic E-state index is 12.3. The van der Waals surface area contributed by atoms with Crippen molar-refractivity contribution in [2.45, 2.75) is 44.2 Å². The molecule has 2 amide bonds. The summed E-state index contributed by atoms with van der Waals surface area (Å²) in [6.45, 7) is 0.543. The molecular formula is C18H22N2O4. The lowest BCUT2D eigenvalue weighted by Gasteiger charge is -2.24. The highest BCUT2D eigenvalue weighted by Crippen LogP contribution is 2.28. The van der Waals surface area contributed by atoms with Crippen LogP contribution >= 0.6 is 0 Å². The van der Waals surface area contributed by atoms with E-state index >= 15 is 0 Å². The quantitative estimate of drug-likeness (QED) is 0.811. The van der Waals surface area contributed by atoms with Gasteiger partial charge in [-0.3, -0.25) is 14.4 Å². The Bertz CT molecular complexity index is 633. The van der Waals surface area contributed by atoms with Crippen molar-refractivity contribution >= 4 is 17.8 Å². The molecule has 1 heterocycles. The number of carbonyl (C=O) groups is 3. The second-order valence-electron chi connectivity index (χ2n) is 6.42. The Kier molecular flexibility index (Phi) is 4.83. The van der Waals surface area contributed by atoms with Gasteiger partial charge in [-0.1, -0.05) is 24.3 Å². The fraction of sp³-hybridized carbons (Fsp3) is 0.500. The molecule has 0 radical (unpaired) electrons. The number of rotatable bonds is 5. The van der Waals surface area contributed by atoms with Crippen molar-refractivity contribution in [1.82, 2.24) is 10.2 Å². The molecule has 6 nitrogen and oxygen atoms in total. The minimum atomic E-state index is -0.405. The molecule has 2 aliphatic rings. The summed E-state index contributed by atoms with van der Waals surface area (Å²) in [4.78, 5) is 37.2. The lowest BCUT2D eigenvalue weighted by atomic mass is 10.1. The van der Waals surface area contributed by atoms with Crippen molar-refractivity contribution in [3.8, 4) is 0 Å². The monoisotopic (exact) mass is 330 g/mol. The smallest absolute Gasteiger partial charge is 0.306 e. The van der Waals surface area contributed by atoms with Crippen LogP contribution in [0.15, 0.2) is 24.3 Å². The molecule has 1 unspecified atom stereocenters. The number of benzene rings is 1. The van der Waals surface area contributed by atoms with Gasteiger partial charge in [0, 0.05) is 25.4 Å². The molecule has 6 heteroatoms. The van der Waals surface area contributed by atoms with Gasteiger partial charge in [0.15, 0.2) is 0 Å². The van der Waals surface area contributed by atoms with Crippen molar-refractivity contribution in [3.63, 3.8) is 0 Å². The van der Waals surface area contributed by atoms with Gasteiger partial charge in [0.25, 0.3) is 0 Å². The number of carbonyl (C=O) groups excluding carboxylic acids is 3. The van der Waals surface area contributed by atoms with Gasteiger partial charge in [-0.2, -0.15) is 0 Å². The number of amides is 2. The van der Waals surface area contributed by atoms with Crippen LogP contribution in [0.2, 0.25) is 0 Å². The molecule has 1 aliphatic carbocycles. The molecule has 128 valence electrons. The summed E-state index contributed by atoms with van der Waals surface area (Å²) in [7, 11) is 1.30. The highest BCUT2D eigenvalue weighted by molar-refractivity contribution is 5.84. The van der Waals surface area contributed by atoms with Gasteiger partial charge in [0.05, 0.1) is 19.6 Å². The standard InChI is InChI=1S/C18H22N2O4/c1-24-18(23)7-6-16(21)19-14-10-17(22)20(11-14)15-8-12-4-2-3-5-13(12)9-15/h2-5,14-15H,6-11H2,1H3,(H,19,21). The van der Waals surface area contributed by atoms with Gasteiger partial charge in [0.1, 0.15) is 0 Å². The molecule has 1 N–H and O–H groups in total. The predicted molar refractivity (Wildman–Crippen MR) is 87.1 cm³/mol. The zero-order chi connectivity index (χ0) is 17.1. The largest absolute Gasteiger partial charge is 0.469 e. The number of hydrogen-bond acceptors (Lipinski definition) is 4. The van der Waals surface area contributed by atoms with E-state index in [0.29, 0.717) is 13.0 Å². The topological polar surface area (TPSA) is 75.7 Å². The van der Waals surface area contributed by atoms with Crippen LogP contribution < -0.4 is 5.32 Å². The molecule has 0 bridgehead atoms. The normalized spacial score (nSPS) is 20.1. The van der Waals surface area contributed by atoms with Crippen molar-refractivity contribution in [3.05, 3.63) is 35.4 Å². The molecule has 1 aliphatic heterocycles. The van der Waals surface area contributed by atoms with Gasteiger partial charge in [-0.15, -0.1) is 0 Å². The number of ether oxygens (including phenoxy) is 1. The van der Waals surface area contributed by atoms with E-state index in [1.807, 2.05) is 17.0 Å². The third-order valence-corrected chi connectivity index (χ3v) is 4.78. The Morgan fingerprint density at radius 3 is 2.46 bits per heavy atom. The highest BCUT2D eigenvalue weighted by Gasteiger charge is 2.37. The van der Waals surface area contributed by atoms with E-state index in [4.69, 9.17) is 0 Å². The Morgan fingerprint density at radius 2 is 1.83 bits per heavy atom. The Labute approximate surface area is 141 Å². The second kappa shape index (κ2) is 7.03. The summed E-state index contributed by atoms with van der Waals surface area (Å²) in [5, 5.41) is 2.85. The SMILES string of the molecule is COC(=O)CCC(=O)NC1CC(=O)N(C2Cc3ccccc3C2)C1. The summed E-state index contributed by atoms with van der Waals surface area (Å²) in [6.07, 6.45) is 2.24. The molecule has 1 fully saturated rings. The lowest BCUT2D eigenvalue weighted by Crippen LogP contribution is -2.41.